The van der Waals surface area contributed by atoms with Gasteiger partial charge in [0.25, 0.3) is 0 Å². The topological polar surface area (TPSA) is 54.9 Å². The molecule has 1 N–H and O–H groups in total. The van der Waals surface area contributed by atoms with Crippen molar-refractivity contribution in [2.24, 2.45) is 5.41 Å². The second-order valence-corrected chi connectivity index (χ2v) is 4.30. The Balaban J connectivity index is 2.24. The lowest BCUT2D eigenvalue weighted by Gasteiger charge is -2.34. The van der Waals surface area contributed by atoms with Crippen LogP contribution in [0, 0.1) is 5.41 Å². The Morgan fingerprint density at radius 1 is 1.44 bits per heavy atom. The molecule has 0 unspecified atom stereocenters. The van der Waals surface area contributed by atoms with E-state index in [1.165, 1.54) is 0 Å². The minimum atomic E-state index is -0.221. The van der Waals surface area contributed by atoms with Crippen LogP contribution in [0.1, 0.15) is 36.7 Å². The van der Waals surface area contributed by atoms with Gasteiger partial charge in [-0.05, 0) is 32.4 Å². The first-order valence-electron chi connectivity index (χ1n) is 5.80. The first-order valence-corrected chi connectivity index (χ1v) is 5.80. The molecule has 1 saturated heterocycles. The van der Waals surface area contributed by atoms with Crippen molar-refractivity contribution in [3.05, 3.63) is 24.3 Å². The van der Waals surface area contributed by atoms with Crippen LogP contribution in [0.4, 0.5) is 0 Å². The summed E-state index contributed by atoms with van der Waals surface area (Å²) in [5.41, 5.74) is 0.285. The van der Waals surface area contributed by atoms with Gasteiger partial charge in [0.2, 0.25) is 0 Å². The number of aromatic nitrogens is 2. The third-order valence-corrected chi connectivity index (χ3v) is 3.51. The summed E-state index contributed by atoms with van der Waals surface area (Å²) >= 11 is 0. The average molecular weight is 219 g/mol. The summed E-state index contributed by atoms with van der Waals surface area (Å²) in [6.45, 7) is 3.92. The van der Waals surface area contributed by atoms with Crippen LogP contribution in [0.25, 0.3) is 0 Å². The smallest absolute Gasteiger partial charge is 0.188 e. The molecule has 4 heteroatoms. The molecule has 0 bridgehead atoms. The van der Waals surface area contributed by atoms with Gasteiger partial charge in [-0.25, -0.2) is 4.98 Å². The van der Waals surface area contributed by atoms with E-state index in [-0.39, 0.29) is 11.2 Å². The zero-order valence-corrected chi connectivity index (χ0v) is 9.57. The Labute approximate surface area is 95.5 Å². The number of rotatable bonds is 3. The van der Waals surface area contributed by atoms with Gasteiger partial charge in [-0.2, -0.15) is 0 Å². The van der Waals surface area contributed by atoms with Crippen LogP contribution in [-0.4, -0.2) is 28.8 Å². The van der Waals surface area contributed by atoms with E-state index in [1.807, 2.05) is 0 Å². The van der Waals surface area contributed by atoms with Crippen molar-refractivity contribution in [1.29, 1.82) is 0 Å². The van der Waals surface area contributed by atoms with E-state index in [9.17, 15) is 4.79 Å². The highest BCUT2D eigenvalue weighted by molar-refractivity contribution is 5.98. The Bertz CT molecular complexity index is 358. The predicted octanol–water partition coefficient (Wildman–Crippen LogP) is 1.44. The summed E-state index contributed by atoms with van der Waals surface area (Å²) in [7, 11) is 0. The number of carbonyl (C=O) groups is 1. The fraction of sp³-hybridized carbons (Fsp3) is 0.583. The van der Waals surface area contributed by atoms with Crippen LogP contribution >= 0.6 is 0 Å². The molecule has 0 radical (unpaired) electrons. The fourth-order valence-electron chi connectivity index (χ4n) is 2.33. The second kappa shape index (κ2) is 4.70. The van der Waals surface area contributed by atoms with Gasteiger partial charge < -0.3 is 5.32 Å². The summed E-state index contributed by atoms with van der Waals surface area (Å²) in [5, 5.41) is 3.29. The average Bonchev–Trinajstić information content (AvgIpc) is 2.39. The lowest BCUT2D eigenvalue weighted by Crippen LogP contribution is -2.42. The molecule has 1 aromatic heterocycles. The van der Waals surface area contributed by atoms with E-state index in [2.05, 4.69) is 22.2 Å². The zero-order chi connectivity index (χ0) is 11.4. The Morgan fingerprint density at radius 3 is 2.75 bits per heavy atom. The van der Waals surface area contributed by atoms with Gasteiger partial charge >= 0.3 is 0 Å². The Morgan fingerprint density at radius 2 is 2.19 bits per heavy atom. The van der Waals surface area contributed by atoms with Crippen LogP contribution in [0.3, 0.4) is 0 Å². The summed E-state index contributed by atoms with van der Waals surface area (Å²) in [5.74, 6) is 0.157. The number of carbonyl (C=O) groups excluding carboxylic acids is 1. The maximum absolute atomic E-state index is 12.4. The van der Waals surface area contributed by atoms with Gasteiger partial charge in [0, 0.05) is 17.8 Å². The summed E-state index contributed by atoms with van der Waals surface area (Å²) in [4.78, 5) is 20.5. The lowest BCUT2D eigenvalue weighted by molar-refractivity contribution is 0.0711. The maximum Gasteiger partial charge on any atom is 0.188 e. The van der Waals surface area contributed by atoms with E-state index < -0.39 is 0 Å². The molecule has 1 aliphatic rings. The predicted molar refractivity (Wildman–Crippen MR) is 61.2 cm³/mol. The molecule has 1 fully saturated rings. The maximum atomic E-state index is 12.4. The third kappa shape index (κ3) is 1.97. The van der Waals surface area contributed by atoms with E-state index in [0.717, 1.165) is 32.4 Å². The standard InChI is InChI=1S/C12H17N3O/c1-2-12(3-5-13-6-4-12)11(16)10-9-14-7-8-15-10/h7-9,13H,2-6H2,1H3. The molecule has 1 aromatic rings. The molecule has 0 amide bonds. The van der Waals surface area contributed by atoms with Gasteiger partial charge in [0.15, 0.2) is 5.78 Å². The summed E-state index contributed by atoms with van der Waals surface area (Å²) in [6.07, 6.45) is 7.43. The molecule has 0 spiro atoms. The van der Waals surface area contributed by atoms with Crippen LogP contribution in [-0.2, 0) is 0 Å². The Hall–Kier alpha value is -1.29. The largest absolute Gasteiger partial charge is 0.317 e. The third-order valence-electron chi connectivity index (χ3n) is 3.51. The van der Waals surface area contributed by atoms with Crippen molar-refractivity contribution >= 4 is 5.78 Å². The highest BCUT2D eigenvalue weighted by Gasteiger charge is 2.38. The van der Waals surface area contributed by atoms with Gasteiger partial charge in [-0.15, -0.1) is 0 Å². The molecule has 4 nitrogen and oxygen atoms in total. The summed E-state index contributed by atoms with van der Waals surface area (Å²) < 4.78 is 0. The highest BCUT2D eigenvalue weighted by atomic mass is 16.1. The van der Waals surface area contributed by atoms with Crippen molar-refractivity contribution in [2.45, 2.75) is 26.2 Å². The lowest BCUT2D eigenvalue weighted by atomic mass is 9.72. The van der Waals surface area contributed by atoms with E-state index in [1.54, 1.807) is 18.6 Å². The number of nitrogens with zero attached hydrogens (tertiary/aromatic N) is 2. The number of hydrogen-bond acceptors (Lipinski definition) is 4. The van der Waals surface area contributed by atoms with Crippen LogP contribution in [0.15, 0.2) is 18.6 Å². The Kier molecular flexibility index (Phi) is 3.29. The molecule has 86 valence electrons. The summed E-state index contributed by atoms with van der Waals surface area (Å²) in [6, 6.07) is 0. The zero-order valence-electron chi connectivity index (χ0n) is 9.57. The van der Waals surface area contributed by atoms with Crippen molar-refractivity contribution in [2.75, 3.05) is 13.1 Å². The minimum absolute atomic E-state index is 0.157. The number of hydrogen-bond donors (Lipinski definition) is 1. The SMILES string of the molecule is CCC1(C(=O)c2cnccn2)CCNCC1. The van der Waals surface area contributed by atoms with Crippen LogP contribution in [0.2, 0.25) is 0 Å². The first-order chi connectivity index (χ1) is 7.78. The van der Waals surface area contributed by atoms with Gasteiger partial charge in [0.05, 0.1) is 6.20 Å². The molecule has 0 aliphatic carbocycles. The second-order valence-electron chi connectivity index (χ2n) is 4.30. The molecule has 16 heavy (non-hydrogen) atoms. The van der Waals surface area contributed by atoms with Crippen molar-refractivity contribution < 1.29 is 4.79 Å². The number of ketones is 1. The van der Waals surface area contributed by atoms with Gasteiger partial charge in [-0.1, -0.05) is 6.92 Å². The number of piperidine rings is 1. The van der Waals surface area contributed by atoms with Crippen LogP contribution in [0.5, 0.6) is 0 Å². The molecule has 0 aromatic carbocycles. The van der Waals surface area contributed by atoms with Crippen molar-refractivity contribution in [1.82, 2.24) is 15.3 Å². The van der Waals surface area contributed by atoms with Gasteiger partial charge in [-0.3, -0.25) is 9.78 Å². The number of nitrogens with one attached hydrogen (secondary N) is 1. The van der Waals surface area contributed by atoms with E-state index in [4.69, 9.17) is 0 Å². The molecular weight excluding hydrogens is 202 g/mol. The molecular formula is C12H17N3O. The minimum Gasteiger partial charge on any atom is -0.317 e. The number of Topliss-reactive ketones (excluding diaryl/α,β-unsaturated/α-hetero) is 1. The highest BCUT2D eigenvalue weighted by Crippen LogP contribution is 2.35. The molecule has 0 atom stereocenters. The molecule has 2 heterocycles. The van der Waals surface area contributed by atoms with E-state index in [0.29, 0.717) is 5.69 Å². The van der Waals surface area contributed by atoms with E-state index >= 15 is 0 Å². The monoisotopic (exact) mass is 219 g/mol. The fourth-order valence-corrected chi connectivity index (χ4v) is 2.33. The quantitative estimate of drug-likeness (QED) is 0.781. The normalized spacial score (nSPS) is 19.3. The molecule has 2 rings (SSSR count). The van der Waals surface area contributed by atoms with Crippen molar-refractivity contribution in [3.8, 4) is 0 Å². The van der Waals surface area contributed by atoms with Crippen molar-refractivity contribution in [3.63, 3.8) is 0 Å². The van der Waals surface area contributed by atoms with Gasteiger partial charge in [0.1, 0.15) is 5.69 Å². The first kappa shape index (κ1) is 11.2. The van der Waals surface area contributed by atoms with Crippen LogP contribution < -0.4 is 5.32 Å². The molecule has 0 saturated carbocycles. The molecule has 1 aliphatic heterocycles.